The SMILES string of the molecule is COC(=O)OC1=CCC(C(=O)OC)CC1. The molecule has 0 aliphatic heterocycles. The van der Waals surface area contributed by atoms with Gasteiger partial charge in [-0.3, -0.25) is 4.79 Å². The average molecular weight is 214 g/mol. The van der Waals surface area contributed by atoms with Gasteiger partial charge in [-0.25, -0.2) is 4.79 Å². The van der Waals surface area contributed by atoms with Crippen molar-refractivity contribution >= 4 is 12.1 Å². The summed E-state index contributed by atoms with van der Waals surface area (Å²) >= 11 is 0. The summed E-state index contributed by atoms with van der Waals surface area (Å²) in [4.78, 5) is 21.9. The van der Waals surface area contributed by atoms with Crippen molar-refractivity contribution < 1.29 is 23.8 Å². The molecule has 0 aromatic rings. The lowest BCUT2D eigenvalue weighted by molar-refractivity contribution is -0.145. The Balaban J connectivity index is 2.44. The highest BCUT2D eigenvalue weighted by molar-refractivity contribution is 5.72. The predicted molar refractivity (Wildman–Crippen MR) is 50.9 cm³/mol. The van der Waals surface area contributed by atoms with Gasteiger partial charge in [-0.05, 0) is 18.9 Å². The van der Waals surface area contributed by atoms with Gasteiger partial charge in [0.2, 0.25) is 0 Å². The zero-order chi connectivity index (χ0) is 11.3. The molecule has 1 aliphatic rings. The van der Waals surface area contributed by atoms with Gasteiger partial charge in [-0.1, -0.05) is 0 Å². The lowest BCUT2D eigenvalue weighted by Crippen LogP contribution is -2.19. The second kappa shape index (κ2) is 5.38. The third-order valence-electron chi connectivity index (χ3n) is 2.28. The molecule has 0 saturated heterocycles. The minimum absolute atomic E-state index is 0.125. The van der Waals surface area contributed by atoms with Crippen LogP contribution in [0.15, 0.2) is 11.8 Å². The Kier molecular flexibility index (Phi) is 4.15. The van der Waals surface area contributed by atoms with E-state index in [2.05, 4.69) is 9.47 Å². The number of ether oxygens (including phenoxy) is 3. The van der Waals surface area contributed by atoms with Crippen molar-refractivity contribution in [1.29, 1.82) is 0 Å². The molecule has 15 heavy (non-hydrogen) atoms. The van der Waals surface area contributed by atoms with Gasteiger partial charge in [0.1, 0.15) is 5.76 Å². The molecular weight excluding hydrogens is 200 g/mol. The molecule has 1 atom stereocenters. The number of allylic oxidation sites excluding steroid dienone is 2. The number of carbonyl (C=O) groups excluding carboxylic acids is 2. The normalized spacial score (nSPS) is 20.1. The van der Waals surface area contributed by atoms with Crippen LogP contribution in [0.25, 0.3) is 0 Å². The highest BCUT2D eigenvalue weighted by atomic mass is 16.7. The topological polar surface area (TPSA) is 61.8 Å². The van der Waals surface area contributed by atoms with E-state index < -0.39 is 6.16 Å². The Hall–Kier alpha value is -1.52. The number of carbonyl (C=O) groups is 2. The fourth-order valence-electron chi connectivity index (χ4n) is 1.43. The zero-order valence-electron chi connectivity index (χ0n) is 8.82. The summed E-state index contributed by atoms with van der Waals surface area (Å²) in [6.45, 7) is 0. The Labute approximate surface area is 88.0 Å². The van der Waals surface area contributed by atoms with Crippen molar-refractivity contribution in [2.24, 2.45) is 5.92 Å². The number of hydrogen-bond donors (Lipinski definition) is 0. The van der Waals surface area contributed by atoms with E-state index in [4.69, 9.17) is 4.74 Å². The molecule has 0 spiro atoms. The van der Waals surface area contributed by atoms with E-state index >= 15 is 0 Å². The van der Waals surface area contributed by atoms with E-state index in [1.165, 1.54) is 14.2 Å². The maximum atomic E-state index is 11.2. The molecule has 0 amide bonds. The maximum Gasteiger partial charge on any atom is 0.513 e. The molecule has 0 aromatic carbocycles. The van der Waals surface area contributed by atoms with Gasteiger partial charge in [0, 0.05) is 6.42 Å². The summed E-state index contributed by atoms with van der Waals surface area (Å²) in [5.41, 5.74) is 0. The van der Waals surface area contributed by atoms with Crippen molar-refractivity contribution in [3.8, 4) is 0 Å². The molecule has 84 valence electrons. The molecule has 5 heteroatoms. The van der Waals surface area contributed by atoms with Crippen molar-refractivity contribution in [2.45, 2.75) is 19.3 Å². The fraction of sp³-hybridized carbons (Fsp3) is 0.600. The van der Waals surface area contributed by atoms with Crippen molar-refractivity contribution in [2.75, 3.05) is 14.2 Å². The quantitative estimate of drug-likeness (QED) is 0.654. The van der Waals surface area contributed by atoms with Crippen molar-refractivity contribution in [3.05, 3.63) is 11.8 Å². The highest BCUT2D eigenvalue weighted by Gasteiger charge is 2.23. The first-order valence-electron chi connectivity index (χ1n) is 4.70. The van der Waals surface area contributed by atoms with Gasteiger partial charge in [0.15, 0.2) is 0 Å². The third-order valence-corrected chi connectivity index (χ3v) is 2.28. The Morgan fingerprint density at radius 2 is 2.07 bits per heavy atom. The van der Waals surface area contributed by atoms with Crippen LogP contribution in [-0.4, -0.2) is 26.3 Å². The van der Waals surface area contributed by atoms with E-state index in [1.807, 2.05) is 0 Å². The second-order valence-electron chi connectivity index (χ2n) is 3.22. The van der Waals surface area contributed by atoms with Crippen LogP contribution in [0.1, 0.15) is 19.3 Å². The fourth-order valence-corrected chi connectivity index (χ4v) is 1.43. The van der Waals surface area contributed by atoms with E-state index in [-0.39, 0.29) is 11.9 Å². The van der Waals surface area contributed by atoms with E-state index in [1.54, 1.807) is 6.08 Å². The summed E-state index contributed by atoms with van der Waals surface area (Å²) in [5.74, 6) is 0.213. The van der Waals surface area contributed by atoms with E-state index in [9.17, 15) is 9.59 Å². The molecule has 1 unspecified atom stereocenters. The largest absolute Gasteiger partial charge is 0.513 e. The van der Waals surface area contributed by atoms with Gasteiger partial charge in [0.05, 0.1) is 20.1 Å². The van der Waals surface area contributed by atoms with Crippen LogP contribution in [0.3, 0.4) is 0 Å². The van der Waals surface area contributed by atoms with Crippen LogP contribution >= 0.6 is 0 Å². The first-order chi connectivity index (χ1) is 7.17. The van der Waals surface area contributed by atoms with E-state index in [0.29, 0.717) is 25.0 Å². The molecule has 0 bridgehead atoms. The average Bonchev–Trinajstić information content (AvgIpc) is 2.29. The van der Waals surface area contributed by atoms with Crippen LogP contribution in [0.5, 0.6) is 0 Å². The minimum atomic E-state index is -0.724. The lowest BCUT2D eigenvalue weighted by Gasteiger charge is -2.18. The number of hydrogen-bond acceptors (Lipinski definition) is 5. The molecule has 0 saturated carbocycles. The summed E-state index contributed by atoms with van der Waals surface area (Å²) < 4.78 is 13.8. The van der Waals surface area contributed by atoms with Crippen LogP contribution in [0.4, 0.5) is 4.79 Å². The zero-order valence-corrected chi connectivity index (χ0v) is 8.82. The number of esters is 1. The Morgan fingerprint density at radius 3 is 2.53 bits per heavy atom. The summed E-state index contributed by atoms with van der Waals surface area (Å²) in [6.07, 6.45) is 2.73. The first kappa shape index (κ1) is 11.6. The van der Waals surface area contributed by atoms with Crippen molar-refractivity contribution in [1.82, 2.24) is 0 Å². The summed E-state index contributed by atoms with van der Waals surface area (Å²) in [5, 5.41) is 0. The number of rotatable bonds is 2. The van der Waals surface area contributed by atoms with Gasteiger partial charge in [0.25, 0.3) is 0 Å². The minimum Gasteiger partial charge on any atom is -0.469 e. The van der Waals surface area contributed by atoms with Crippen molar-refractivity contribution in [3.63, 3.8) is 0 Å². The molecule has 0 radical (unpaired) electrons. The highest BCUT2D eigenvalue weighted by Crippen LogP contribution is 2.25. The molecule has 0 fully saturated rings. The van der Waals surface area contributed by atoms with Gasteiger partial charge >= 0.3 is 12.1 Å². The van der Waals surface area contributed by atoms with Crippen LogP contribution in [0.2, 0.25) is 0 Å². The van der Waals surface area contributed by atoms with Crippen LogP contribution in [-0.2, 0) is 19.0 Å². The van der Waals surface area contributed by atoms with Gasteiger partial charge in [-0.15, -0.1) is 0 Å². The predicted octanol–water partition coefficient (Wildman–Crippen LogP) is 1.63. The summed E-state index contributed by atoms with van der Waals surface area (Å²) in [7, 11) is 2.62. The standard InChI is InChI=1S/C10H14O5/c1-13-9(11)7-3-5-8(6-4-7)15-10(12)14-2/h5,7H,3-4,6H2,1-2H3. The molecule has 5 nitrogen and oxygen atoms in total. The third kappa shape index (κ3) is 3.27. The van der Waals surface area contributed by atoms with Crippen LogP contribution < -0.4 is 0 Å². The number of methoxy groups -OCH3 is 2. The smallest absolute Gasteiger partial charge is 0.469 e. The van der Waals surface area contributed by atoms with Crippen LogP contribution in [0, 0.1) is 5.92 Å². The molecule has 0 aromatic heterocycles. The molecule has 1 rings (SSSR count). The maximum absolute atomic E-state index is 11.2. The molecule has 0 heterocycles. The van der Waals surface area contributed by atoms with E-state index in [0.717, 1.165) is 0 Å². The molecule has 0 N–H and O–H groups in total. The Bertz CT molecular complexity index is 282. The lowest BCUT2D eigenvalue weighted by atomic mass is 9.93. The van der Waals surface area contributed by atoms with Gasteiger partial charge in [-0.2, -0.15) is 0 Å². The first-order valence-corrected chi connectivity index (χ1v) is 4.70. The molecular formula is C10H14O5. The second-order valence-corrected chi connectivity index (χ2v) is 3.22. The molecule has 1 aliphatic carbocycles. The Morgan fingerprint density at radius 1 is 1.33 bits per heavy atom. The van der Waals surface area contributed by atoms with Gasteiger partial charge < -0.3 is 14.2 Å². The summed E-state index contributed by atoms with van der Waals surface area (Å²) in [6, 6.07) is 0. The monoisotopic (exact) mass is 214 g/mol.